The zero-order chi connectivity index (χ0) is 59.4. The first-order valence-electron chi connectivity index (χ1n) is 26.9. The molecular weight excluding hydrogens is 1030 g/mol. The standard InChI is InChI=1S/C52H85N13O14/c1-7-30(6)42(65-45(72)34(20-21-39(66)67)59-47(74)38(27-40(68)69)62-43(70)32-18-13-23-56-32)50(77)63-37(26-31-15-9-8-10-16-31)46(73)58-33(19-14-24-57-52(54)55)44(71)61-36(25-28(2)3)48(75)64-41(29(4)5)49(76)60-35(51(78)79)17-11-12-22-53/h8-10,15-16,28-30,32-38,41-42,56H,7,11-14,17-27,53H2,1-6H3,(H,58,73)(H,59,74)(H,60,76)(H,61,71)(H,62,70)(H,63,77)(H,64,75)(H,65,72)(H,66,67)(H,68,69)(H,78,79)(H4,54,55,57)/t30-,32-,33-,34-,35-,36-,37-,38-,41-,42-/m0/s1. The van der Waals surface area contributed by atoms with Gasteiger partial charge in [-0.3, -0.25) is 52.9 Å². The Hall–Kier alpha value is -7.42. The number of carbonyl (C=O) groups excluding carboxylic acids is 8. The molecule has 0 aromatic heterocycles. The summed E-state index contributed by atoms with van der Waals surface area (Å²) in [4.78, 5) is 151. The van der Waals surface area contributed by atoms with Gasteiger partial charge in [0.2, 0.25) is 47.3 Å². The van der Waals surface area contributed by atoms with Crippen LogP contribution in [0.25, 0.3) is 0 Å². The van der Waals surface area contributed by atoms with Crippen molar-refractivity contribution in [2.24, 2.45) is 39.9 Å². The summed E-state index contributed by atoms with van der Waals surface area (Å²) in [6.45, 7) is 11.1. The van der Waals surface area contributed by atoms with Crippen molar-refractivity contribution in [3.8, 4) is 0 Å². The molecule has 1 aromatic rings. The number of aliphatic carboxylic acids is 3. The number of nitrogens with one attached hydrogen (secondary N) is 9. The fraction of sp³-hybridized carbons (Fsp3) is 0.654. The van der Waals surface area contributed by atoms with Gasteiger partial charge in [-0.1, -0.05) is 78.3 Å². The van der Waals surface area contributed by atoms with Crippen molar-refractivity contribution in [2.45, 2.75) is 179 Å². The fourth-order valence-corrected chi connectivity index (χ4v) is 8.47. The van der Waals surface area contributed by atoms with Gasteiger partial charge in [-0.15, -0.1) is 0 Å². The average Bonchev–Trinajstić information content (AvgIpc) is 3.93. The number of guanidine groups is 1. The smallest absolute Gasteiger partial charge is 0.326 e. The molecule has 0 aliphatic carbocycles. The second kappa shape index (κ2) is 35.2. The van der Waals surface area contributed by atoms with E-state index in [1.165, 1.54) is 0 Å². The van der Waals surface area contributed by atoms with Gasteiger partial charge >= 0.3 is 17.9 Å². The van der Waals surface area contributed by atoms with Crippen molar-refractivity contribution in [3.05, 3.63) is 35.9 Å². The van der Waals surface area contributed by atoms with Gasteiger partial charge in [0.1, 0.15) is 48.3 Å². The van der Waals surface area contributed by atoms with Gasteiger partial charge in [0.05, 0.1) is 12.5 Å². The van der Waals surface area contributed by atoms with E-state index in [0.717, 1.165) is 0 Å². The second-order valence-corrected chi connectivity index (χ2v) is 20.5. The predicted octanol–water partition coefficient (Wildman–Crippen LogP) is -1.79. The highest BCUT2D eigenvalue weighted by Crippen LogP contribution is 2.15. The lowest BCUT2D eigenvalue weighted by molar-refractivity contribution is -0.143. The van der Waals surface area contributed by atoms with Crippen molar-refractivity contribution in [1.29, 1.82) is 0 Å². The van der Waals surface area contributed by atoms with E-state index in [9.17, 15) is 68.1 Å². The molecule has 1 aromatic carbocycles. The van der Waals surface area contributed by atoms with Gasteiger partial charge in [0.25, 0.3) is 0 Å². The molecule has 442 valence electrons. The summed E-state index contributed by atoms with van der Waals surface area (Å²) in [5.41, 5.74) is 17.2. The van der Waals surface area contributed by atoms with Crippen LogP contribution in [0.1, 0.15) is 124 Å². The van der Waals surface area contributed by atoms with Crippen LogP contribution in [0.2, 0.25) is 0 Å². The summed E-state index contributed by atoms with van der Waals surface area (Å²) in [5, 5.41) is 52.5. The zero-order valence-electron chi connectivity index (χ0n) is 46.1. The number of aliphatic imine (C=N–C) groups is 1. The fourth-order valence-electron chi connectivity index (χ4n) is 8.47. The molecule has 79 heavy (non-hydrogen) atoms. The minimum Gasteiger partial charge on any atom is -0.481 e. The monoisotopic (exact) mass is 1120 g/mol. The molecule has 0 saturated carbocycles. The minimum absolute atomic E-state index is 0.0216. The Morgan fingerprint density at radius 2 is 1.15 bits per heavy atom. The minimum atomic E-state index is -1.67. The molecule has 1 heterocycles. The number of unbranched alkanes of at least 4 members (excludes halogenated alkanes) is 1. The number of rotatable bonds is 37. The Balaban J connectivity index is 2.52. The molecule has 0 unspecified atom stereocenters. The number of benzene rings is 1. The van der Waals surface area contributed by atoms with Crippen molar-refractivity contribution < 1.29 is 68.1 Å². The first-order chi connectivity index (χ1) is 37.3. The van der Waals surface area contributed by atoms with Crippen LogP contribution in [0.4, 0.5) is 0 Å². The highest BCUT2D eigenvalue weighted by Gasteiger charge is 2.37. The van der Waals surface area contributed by atoms with Crippen LogP contribution in [-0.4, -0.2) is 160 Å². The molecule has 1 saturated heterocycles. The molecule has 0 bridgehead atoms. The third kappa shape index (κ3) is 25.3. The lowest BCUT2D eigenvalue weighted by Crippen LogP contribution is -2.61. The summed E-state index contributed by atoms with van der Waals surface area (Å²) < 4.78 is 0. The summed E-state index contributed by atoms with van der Waals surface area (Å²) in [7, 11) is 0. The third-order valence-corrected chi connectivity index (χ3v) is 13.1. The summed E-state index contributed by atoms with van der Waals surface area (Å²) in [6, 6.07) is -3.57. The first-order valence-corrected chi connectivity index (χ1v) is 26.9. The van der Waals surface area contributed by atoms with E-state index in [0.29, 0.717) is 44.3 Å². The van der Waals surface area contributed by atoms with E-state index in [4.69, 9.17) is 17.2 Å². The van der Waals surface area contributed by atoms with E-state index in [1.54, 1.807) is 71.9 Å². The molecule has 2 rings (SSSR count). The number of carbonyl (C=O) groups is 11. The van der Waals surface area contributed by atoms with Crippen LogP contribution >= 0.6 is 0 Å². The lowest BCUT2D eigenvalue weighted by Gasteiger charge is -2.30. The van der Waals surface area contributed by atoms with Crippen molar-refractivity contribution in [2.75, 3.05) is 19.6 Å². The van der Waals surface area contributed by atoms with Crippen LogP contribution in [0.5, 0.6) is 0 Å². The SMILES string of the molecule is CC[C@H](C)[C@H](NC(=O)[C@H](CCC(=O)O)NC(=O)[C@H](CC(=O)O)NC(=O)[C@@H]1CCCN1)C(=O)N[C@@H](Cc1ccccc1)C(=O)N[C@@H](CCCN=C(N)N)C(=O)N[C@@H](CC(C)C)C(=O)N[C@H](C(=O)N[C@@H](CCCCN)C(=O)O)C(C)C. The topological polar surface area (TPSA) is 447 Å². The molecule has 27 heteroatoms. The number of hydrogen-bond acceptors (Lipinski definition) is 14. The highest BCUT2D eigenvalue weighted by molar-refractivity contribution is 5.99. The number of carboxylic acid groups (broad SMARTS) is 3. The van der Waals surface area contributed by atoms with Gasteiger partial charge in [-0.25, -0.2) is 4.79 Å². The number of carboxylic acids is 3. The summed E-state index contributed by atoms with van der Waals surface area (Å²) in [5.74, 6) is -12.6. The number of nitrogens with two attached hydrogens (primary N) is 3. The van der Waals surface area contributed by atoms with Crippen molar-refractivity contribution >= 4 is 71.1 Å². The maximum Gasteiger partial charge on any atom is 0.326 e. The van der Waals surface area contributed by atoms with Crippen LogP contribution in [0.15, 0.2) is 35.3 Å². The molecule has 0 spiro atoms. The Morgan fingerprint density at radius 3 is 1.70 bits per heavy atom. The average molecular weight is 1120 g/mol. The Bertz CT molecular complexity index is 2240. The van der Waals surface area contributed by atoms with Crippen LogP contribution in [0.3, 0.4) is 0 Å². The van der Waals surface area contributed by atoms with Crippen LogP contribution < -0.4 is 65.1 Å². The lowest BCUT2D eigenvalue weighted by atomic mass is 9.96. The molecule has 8 amide bonds. The number of hydrogen-bond donors (Lipinski definition) is 15. The number of amides is 8. The van der Waals surface area contributed by atoms with Crippen LogP contribution in [0, 0.1) is 17.8 Å². The van der Waals surface area contributed by atoms with E-state index in [2.05, 4.69) is 52.8 Å². The van der Waals surface area contributed by atoms with Gasteiger partial charge in [0.15, 0.2) is 5.96 Å². The molecule has 1 fully saturated rings. The van der Waals surface area contributed by atoms with Crippen LogP contribution in [-0.2, 0) is 59.2 Å². The predicted molar refractivity (Wildman–Crippen MR) is 290 cm³/mol. The van der Waals surface area contributed by atoms with E-state index in [-0.39, 0.29) is 56.9 Å². The molecule has 1 aliphatic rings. The molecule has 10 atom stereocenters. The van der Waals surface area contributed by atoms with Gasteiger partial charge in [-0.2, -0.15) is 0 Å². The van der Waals surface area contributed by atoms with Crippen molar-refractivity contribution in [1.82, 2.24) is 47.9 Å². The molecule has 18 N–H and O–H groups in total. The van der Waals surface area contributed by atoms with Gasteiger partial charge in [-0.05, 0) is 94.2 Å². The molecular formula is C52H85N13O14. The zero-order valence-corrected chi connectivity index (χ0v) is 46.1. The Labute approximate surface area is 460 Å². The van der Waals surface area contributed by atoms with Gasteiger partial charge in [0, 0.05) is 19.4 Å². The largest absolute Gasteiger partial charge is 0.481 e. The quantitative estimate of drug-likeness (QED) is 0.0199. The van der Waals surface area contributed by atoms with E-state index in [1.807, 2.05) is 0 Å². The second-order valence-electron chi connectivity index (χ2n) is 20.5. The normalized spacial score (nSPS) is 16.4. The Kier molecular flexibility index (Phi) is 30.1. The highest BCUT2D eigenvalue weighted by atomic mass is 16.4. The van der Waals surface area contributed by atoms with Crippen molar-refractivity contribution in [3.63, 3.8) is 0 Å². The Morgan fingerprint density at radius 1 is 0.620 bits per heavy atom. The van der Waals surface area contributed by atoms with Gasteiger partial charge < -0.3 is 80.4 Å². The van der Waals surface area contributed by atoms with E-state index >= 15 is 0 Å². The summed E-state index contributed by atoms with van der Waals surface area (Å²) in [6.07, 6.45) is 0.322. The first kappa shape index (κ1) is 67.7. The van der Waals surface area contributed by atoms with E-state index < -0.39 is 151 Å². The maximum absolute atomic E-state index is 14.6. The molecule has 1 aliphatic heterocycles. The third-order valence-electron chi connectivity index (χ3n) is 13.1. The number of nitrogens with zero attached hydrogens (tertiary/aromatic N) is 1. The molecule has 0 radical (unpaired) electrons. The molecule has 27 nitrogen and oxygen atoms in total. The summed E-state index contributed by atoms with van der Waals surface area (Å²) >= 11 is 0. The maximum atomic E-state index is 14.6.